The van der Waals surface area contributed by atoms with E-state index >= 15 is 0 Å². The minimum Gasteiger partial charge on any atom is -0.478 e. The van der Waals surface area contributed by atoms with E-state index in [4.69, 9.17) is 16.7 Å². The third-order valence-corrected chi connectivity index (χ3v) is 3.23. The molecule has 1 aliphatic rings. The van der Waals surface area contributed by atoms with Crippen molar-refractivity contribution in [3.8, 4) is 0 Å². The molecular formula is C13H14ClNO2. The first-order chi connectivity index (χ1) is 8.09. The van der Waals surface area contributed by atoms with Crippen molar-refractivity contribution in [2.24, 2.45) is 0 Å². The van der Waals surface area contributed by atoms with Gasteiger partial charge in [-0.1, -0.05) is 17.7 Å². The second kappa shape index (κ2) is 4.80. The van der Waals surface area contributed by atoms with E-state index < -0.39 is 5.97 Å². The Morgan fingerprint density at radius 2 is 2.24 bits per heavy atom. The fourth-order valence-electron chi connectivity index (χ4n) is 1.81. The Bertz CT molecular complexity index is 466. The molecule has 1 aromatic carbocycles. The summed E-state index contributed by atoms with van der Waals surface area (Å²) in [6.45, 7) is 0. The van der Waals surface area contributed by atoms with Crippen LogP contribution in [0.1, 0.15) is 18.4 Å². The van der Waals surface area contributed by atoms with Gasteiger partial charge in [-0.05, 0) is 31.1 Å². The van der Waals surface area contributed by atoms with Gasteiger partial charge in [0.05, 0.1) is 0 Å². The highest BCUT2D eigenvalue weighted by atomic mass is 35.5. The van der Waals surface area contributed by atoms with Gasteiger partial charge in [-0.15, -0.1) is 0 Å². The highest BCUT2D eigenvalue weighted by Gasteiger charge is 2.27. The molecule has 1 N–H and O–H groups in total. The maximum atomic E-state index is 10.6. The number of aliphatic carboxylic acids is 1. The SMILES string of the molecule is CN(c1cccc(Cl)c1/C=C/C(=O)O)C1CC1. The van der Waals surface area contributed by atoms with Crippen LogP contribution in [0.2, 0.25) is 5.02 Å². The second-order valence-electron chi connectivity index (χ2n) is 4.19. The maximum absolute atomic E-state index is 10.6. The average molecular weight is 252 g/mol. The van der Waals surface area contributed by atoms with E-state index in [1.165, 1.54) is 12.8 Å². The van der Waals surface area contributed by atoms with E-state index in [1.54, 1.807) is 12.1 Å². The van der Waals surface area contributed by atoms with E-state index in [2.05, 4.69) is 4.90 Å². The second-order valence-corrected chi connectivity index (χ2v) is 4.59. The van der Waals surface area contributed by atoms with Crippen molar-refractivity contribution in [1.82, 2.24) is 0 Å². The van der Waals surface area contributed by atoms with Crippen LogP contribution >= 0.6 is 11.6 Å². The van der Waals surface area contributed by atoms with Crippen molar-refractivity contribution in [3.63, 3.8) is 0 Å². The average Bonchev–Trinajstić information content (AvgIpc) is 3.09. The fraction of sp³-hybridized carbons (Fsp3) is 0.308. The summed E-state index contributed by atoms with van der Waals surface area (Å²) in [6.07, 6.45) is 5.04. The third kappa shape index (κ3) is 2.80. The topological polar surface area (TPSA) is 40.5 Å². The van der Waals surface area contributed by atoms with Crippen LogP contribution in [0, 0.1) is 0 Å². The van der Waals surface area contributed by atoms with Crippen molar-refractivity contribution in [2.75, 3.05) is 11.9 Å². The highest BCUT2D eigenvalue weighted by Crippen LogP contribution is 2.35. The molecule has 17 heavy (non-hydrogen) atoms. The smallest absolute Gasteiger partial charge is 0.328 e. The third-order valence-electron chi connectivity index (χ3n) is 2.90. The molecule has 0 heterocycles. The molecule has 3 nitrogen and oxygen atoms in total. The van der Waals surface area contributed by atoms with Crippen molar-refractivity contribution >= 4 is 29.3 Å². The highest BCUT2D eigenvalue weighted by molar-refractivity contribution is 6.32. The van der Waals surface area contributed by atoms with Gasteiger partial charge >= 0.3 is 5.97 Å². The van der Waals surface area contributed by atoms with E-state index in [1.807, 2.05) is 19.2 Å². The lowest BCUT2D eigenvalue weighted by Crippen LogP contribution is -2.20. The van der Waals surface area contributed by atoms with Crippen LogP contribution in [0.3, 0.4) is 0 Å². The van der Waals surface area contributed by atoms with Crippen molar-refractivity contribution in [1.29, 1.82) is 0 Å². The Labute approximate surface area is 105 Å². The lowest BCUT2D eigenvalue weighted by molar-refractivity contribution is -0.131. The van der Waals surface area contributed by atoms with Crippen LogP contribution in [0.25, 0.3) is 6.08 Å². The van der Waals surface area contributed by atoms with Gasteiger partial charge in [-0.2, -0.15) is 0 Å². The zero-order chi connectivity index (χ0) is 12.4. The number of nitrogens with zero attached hydrogens (tertiary/aromatic N) is 1. The minimum absolute atomic E-state index is 0.561. The lowest BCUT2D eigenvalue weighted by Gasteiger charge is -2.21. The fourth-order valence-corrected chi connectivity index (χ4v) is 2.04. The molecule has 0 aromatic heterocycles. The number of benzene rings is 1. The van der Waals surface area contributed by atoms with Gasteiger partial charge in [0.1, 0.15) is 0 Å². The van der Waals surface area contributed by atoms with Crippen molar-refractivity contribution < 1.29 is 9.90 Å². The predicted octanol–water partition coefficient (Wildman–Crippen LogP) is 3.04. The standard InChI is InChI=1S/C13H14ClNO2/c1-15(9-5-6-9)12-4-2-3-11(14)10(12)7-8-13(16)17/h2-4,7-9H,5-6H2,1H3,(H,16,17)/b8-7+. The minimum atomic E-state index is -0.968. The van der Waals surface area contributed by atoms with Crippen LogP contribution in [-0.2, 0) is 4.79 Å². The van der Waals surface area contributed by atoms with Crippen LogP contribution in [0.5, 0.6) is 0 Å². The Kier molecular flexibility index (Phi) is 3.38. The van der Waals surface area contributed by atoms with E-state index in [9.17, 15) is 4.79 Å². The molecule has 0 aliphatic heterocycles. The summed E-state index contributed by atoms with van der Waals surface area (Å²) in [5.41, 5.74) is 1.75. The van der Waals surface area contributed by atoms with E-state index in [0.29, 0.717) is 11.1 Å². The Morgan fingerprint density at radius 1 is 1.53 bits per heavy atom. The first kappa shape index (κ1) is 12.0. The number of anilines is 1. The molecule has 0 unspecified atom stereocenters. The molecule has 0 atom stereocenters. The number of hydrogen-bond acceptors (Lipinski definition) is 2. The van der Waals surface area contributed by atoms with Gasteiger partial charge in [0.15, 0.2) is 0 Å². The molecule has 1 aromatic rings. The summed E-state index contributed by atoms with van der Waals surface area (Å²) in [7, 11) is 2.02. The van der Waals surface area contributed by atoms with Crippen LogP contribution in [0.4, 0.5) is 5.69 Å². The van der Waals surface area contributed by atoms with Gasteiger partial charge in [0.25, 0.3) is 0 Å². The summed E-state index contributed by atoms with van der Waals surface area (Å²) in [5.74, 6) is -0.968. The summed E-state index contributed by atoms with van der Waals surface area (Å²) in [4.78, 5) is 12.7. The summed E-state index contributed by atoms with van der Waals surface area (Å²) in [6, 6.07) is 6.18. The zero-order valence-electron chi connectivity index (χ0n) is 9.56. The van der Waals surface area contributed by atoms with Gasteiger partial charge in [0.2, 0.25) is 0 Å². The molecule has 0 saturated heterocycles. The Hall–Kier alpha value is -1.48. The van der Waals surface area contributed by atoms with Crippen molar-refractivity contribution in [3.05, 3.63) is 34.9 Å². The lowest BCUT2D eigenvalue weighted by atomic mass is 10.1. The maximum Gasteiger partial charge on any atom is 0.328 e. The molecule has 1 fully saturated rings. The number of rotatable bonds is 4. The van der Waals surface area contributed by atoms with Gasteiger partial charge in [-0.25, -0.2) is 4.79 Å². The number of hydrogen-bond donors (Lipinski definition) is 1. The number of carboxylic acids is 1. The quantitative estimate of drug-likeness (QED) is 0.837. The predicted molar refractivity (Wildman–Crippen MR) is 69.5 cm³/mol. The van der Waals surface area contributed by atoms with Crippen LogP contribution in [0.15, 0.2) is 24.3 Å². The first-order valence-corrected chi connectivity index (χ1v) is 5.89. The largest absolute Gasteiger partial charge is 0.478 e. The molecule has 0 bridgehead atoms. The summed E-state index contributed by atoms with van der Waals surface area (Å²) in [5, 5.41) is 9.25. The Balaban J connectivity index is 2.36. The molecular weight excluding hydrogens is 238 g/mol. The number of carbonyl (C=O) groups is 1. The number of carboxylic acid groups (broad SMARTS) is 1. The monoisotopic (exact) mass is 251 g/mol. The van der Waals surface area contributed by atoms with Gasteiger partial charge in [0, 0.05) is 35.4 Å². The molecule has 90 valence electrons. The first-order valence-electron chi connectivity index (χ1n) is 5.52. The van der Waals surface area contributed by atoms with Crippen LogP contribution < -0.4 is 4.90 Å². The molecule has 1 aliphatic carbocycles. The molecule has 2 rings (SSSR count). The summed E-state index contributed by atoms with van der Waals surface area (Å²) < 4.78 is 0. The zero-order valence-corrected chi connectivity index (χ0v) is 10.3. The molecule has 4 heteroatoms. The molecule has 0 spiro atoms. The molecule has 0 radical (unpaired) electrons. The molecule has 0 amide bonds. The normalized spacial score (nSPS) is 15.2. The Morgan fingerprint density at radius 3 is 2.82 bits per heavy atom. The van der Waals surface area contributed by atoms with Crippen LogP contribution in [-0.4, -0.2) is 24.2 Å². The van der Waals surface area contributed by atoms with Crippen molar-refractivity contribution in [2.45, 2.75) is 18.9 Å². The summed E-state index contributed by atoms with van der Waals surface area (Å²) >= 11 is 6.11. The van der Waals surface area contributed by atoms with E-state index in [-0.39, 0.29) is 0 Å². The molecule has 1 saturated carbocycles. The van der Waals surface area contributed by atoms with Gasteiger partial charge < -0.3 is 10.0 Å². The number of halogens is 1. The van der Waals surface area contributed by atoms with E-state index in [0.717, 1.165) is 17.3 Å². The van der Waals surface area contributed by atoms with Gasteiger partial charge in [-0.3, -0.25) is 0 Å².